The van der Waals surface area contributed by atoms with Crippen LogP contribution in [0.4, 0.5) is 4.79 Å². The van der Waals surface area contributed by atoms with Crippen molar-refractivity contribution in [3.8, 4) is 5.75 Å². The number of urea groups is 1. The van der Waals surface area contributed by atoms with E-state index in [-0.39, 0.29) is 18.4 Å². The highest BCUT2D eigenvalue weighted by Crippen LogP contribution is 2.31. The van der Waals surface area contributed by atoms with Gasteiger partial charge in [-0.25, -0.2) is 4.79 Å². The van der Waals surface area contributed by atoms with Crippen molar-refractivity contribution in [3.63, 3.8) is 0 Å². The van der Waals surface area contributed by atoms with Gasteiger partial charge >= 0.3 is 6.03 Å². The molecule has 1 saturated heterocycles. The first kappa shape index (κ1) is 20.6. The van der Waals surface area contributed by atoms with Crippen LogP contribution in [0, 0.1) is 13.8 Å². The number of carbonyl (C=O) groups excluding carboxylic acids is 2. The summed E-state index contributed by atoms with van der Waals surface area (Å²) in [7, 11) is 0. The van der Waals surface area contributed by atoms with Crippen molar-refractivity contribution in [2.45, 2.75) is 47.1 Å². The highest BCUT2D eigenvalue weighted by atomic mass is 16.5. The monoisotopic (exact) mass is 392 g/mol. The molecule has 0 unspecified atom stereocenters. The van der Waals surface area contributed by atoms with Gasteiger partial charge in [-0.1, -0.05) is 43.7 Å². The molecule has 1 heterocycles. The minimum absolute atomic E-state index is 0.252. The van der Waals surface area contributed by atoms with Crippen LogP contribution in [0.15, 0.2) is 42.1 Å². The number of carbonyl (C=O) groups is 2. The van der Waals surface area contributed by atoms with Gasteiger partial charge in [0.15, 0.2) is 0 Å². The summed E-state index contributed by atoms with van der Waals surface area (Å²) in [5, 5.41) is 2.72. The number of rotatable bonds is 6. The average Bonchev–Trinajstić information content (AvgIpc) is 2.93. The Morgan fingerprint density at radius 3 is 2.41 bits per heavy atom. The summed E-state index contributed by atoms with van der Waals surface area (Å²) in [6, 6.07) is 11.5. The zero-order chi connectivity index (χ0) is 21.1. The third-order valence-electron chi connectivity index (χ3n) is 5.04. The Labute approximate surface area is 172 Å². The minimum Gasteiger partial charge on any atom is -0.494 e. The SMILES string of the molecule is CCOc1cc(C)c(/C=C2/NC(=O)N(Cc3ccc(C)cc3)C2=O)cc1C(C)C. The van der Waals surface area contributed by atoms with Crippen LogP contribution >= 0.6 is 0 Å². The van der Waals surface area contributed by atoms with E-state index in [1.54, 1.807) is 6.08 Å². The minimum atomic E-state index is -0.394. The Balaban J connectivity index is 1.89. The molecule has 2 aromatic rings. The molecule has 152 valence electrons. The van der Waals surface area contributed by atoms with Crippen LogP contribution in [0.2, 0.25) is 0 Å². The summed E-state index contributed by atoms with van der Waals surface area (Å²) >= 11 is 0. The highest BCUT2D eigenvalue weighted by Gasteiger charge is 2.33. The average molecular weight is 392 g/mol. The second-order valence-electron chi connectivity index (χ2n) is 7.70. The number of nitrogens with one attached hydrogen (secondary N) is 1. The van der Waals surface area contributed by atoms with Crippen molar-refractivity contribution in [3.05, 3.63) is 69.9 Å². The van der Waals surface area contributed by atoms with E-state index in [0.717, 1.165) is 33.6 Å². The lowest BCUT2D eigenvalue weighted by atomic mass is 9.96. The maximum Gasteiger partial charge on any atom is 0.329 e. The molecular weight excluding hydrogens is 364 g/mol. The van der Waals surface area contributed by atoms with Crippen molar-refractivity contribution in [1.29, 1.82) is 0 Å². The van der Waals surface area contributed by atoms with E-state index < -0.39 is 6.03 Å². The van der Waals surface area contributed by atoms with Gasteiger partial charge in [0, 0.05) is 0 Å². The molecule has 3 rings (SSSR count). The number of benzene rings is 2. The number of nitrogens with zero attached hydrogens (tertiary/aromatic N) is 1. The van der Waals surface area contributed by atoms with Gasteiger partial charge in [-0.05, 0) is 67.2 Å². The van der Waals surface area contributed by atoms with Gasteiger partial charge < -0.3 is 10.1 Å². The smallest absolute Gasteiger partial charge is 0.329 e. The molecule has 5 heteroatoms. The first-order valence-electron chi connectivity index (χ1n) is 9.97. The molecular formula is C24H28N2O3. The largest absolute Gasteiger partial charge is 0.494 e. The Kier molecular flexibility index (Phi) is 6.06. The zero-order valence-electron chi connectivity index (χ0n) is 17.7. The van der Waals surface area contributed by atoms with Crippen LogP contribution in [0.1, 0.15) is 54.5 Å². The van der Waals surface area contributed by atoms with Gasteiger partial charge in [0.2, 0.25) is 0 Å². The van der Waals surface area contributed by atoms with E-state index in [1.165, 1.54) is 4.90 Å². The van der Waals surface area contributed by atoms with Crippen LogP contribution in [0.5, 0.6) is 5.75 Å². The van der Waals surface area contributed by atoms with Crippen LogP contribution in [0.25, 0.3) is 6.08 Å². The molecule has 1 aliphatic heterocycles. The van der Waals surface area contributed by atoms with E-state index in [4.69, 9.17) is 4.74 Å². The number of imide groups is 1. The van der Waals surface area contributed by atoms with Crippen LogP contribution in [0.3, 0.4) is 0 Å². The number of ether oxygens (including phenoxy) is 1. The summed E-state index contributed by atoms with van der Waals surface area (Å²) in [5.41, 5.74) is 5.32. The van der Waals surface area contributed by atoms with Crippen LogP contribution in [-0.2, 0) is 11.3 Å². The van der Waals surface area contributed by atoms with Crippen molar-refractivity contribution < 1.29 is 14.3 Å². The molecule has 1 N–H and O–H groups in total. The van der Waals surface area contributed by atoms with Crippen molar-refractivity contribution in [2.24, 2.45) is 0 Å². The summed E-state index contributed by atoms with van der Waals surface area (Å²) < 4.78 is 5.77. The van der Waals surface area contributed by atoms with Gasteiger partial charge in [0.25, 0.3) is 5.91 Å². The predicted octanol–water partition coefficient (Wildman–Crippen LogP) is 4.92. The fourth-order valence-electron chi connectivity index (χ4n) is 3.35. The summed E-state index contributed by atoms with van der Waals surface area (Å²) in [5.74, 6) is 0.834. The fraction of sp³-hybridized carbons (Fsp3) is 0.333. The second kappa shape index (κ2) is 8.52. The molecule has 3 amide bonds. The Bertz CT molecular complexity index is 959. The molecule has 0 aliphatic carbocycles. The first-order chi connectivity index (χ1) is 13.8. The van der Waals surface area contributed by atoms with Crippen LogP contribution in [-0.4, -0.2) is 23.4 Å². The molecule has 0 saturated carbocycles. The fourth-order valence-corrected chi connectivity index (χ4v) is 3.35. The van der Waals surface area contributed by atoms with Crippen molar-refractivity contribution in [1.82, 2.24) is 10.2 Å². The zero-order valence-corrected chi connectivity index (χ0v) is 17.7. The lowest BCUT2D eigenvalue weighted by molar-refractivity contribution is -0.123. The molecule has 1 aliphatic rings. The molecule has 0 atom stereocenters. The highest BCUT2D eigenvalue weighted by molar-refractivity contribution is 6.14. The Morgan fingerprint density at radius 1 is 1.10 bits per heavy atom. The van der Waals surface area contributed by atoms with E-state index in [0.29, 0.717) is 12.3 Å². The third-order valence-corrected chi connectivity index (χ3v) is 5.04. The van der Waals surface area contributed by atoms with Gasteiger partial charge in [0.1, 0.15) is 11.4 Å². The maximum atomic E-state index is 12.8. The lowest BCUT2D eigenvalue weighted by Crippen LogP contribution is -2.30. The Hall–Kier alpha value is -3.08. The van der Waals surface area contributed by atoms with Gasteiger partial charge in [-0.2, -0.15) is 0 Å². The third kappa shape index (κ3) is 4.50. The van der Waals surface area contributed by atoms with E-state index >= 15 is 0 Å². The van der Waals surface area contributed by atoms with Gasteiger partial charge in [-0.3, -0.25) is 9.69 Å². The lowest BCUT2D eigenvalue weighted by Gasteiger charge is -2.16. The summed E-state index contributed by atoms with van der Waals surface area (Å²) in [6.45, 7) is 11.0. The topological polar surface area (TPSA) is 58.6 Å². The summed E-state index contributed by atoms with van der Waals surface area (Å²) in [6.07, 6.45) is 1.76. The first-order valence-corrected chi connectivity index (χ1v) is 9.97. The molecule has 5 nitrogen and oxygen atoms in total. The number of hydrogen-bond acceptors (Lipinski definition) is 3. The van der Waals surface area contributed by atoms with E-state index in [1.807, 2.05) is 57.2 Å². The van der Waals surface area contributed by atoms with E-state index in [9.17, 15) is 9.59 Å². The summed E-state index contributed by atoms with van der Waals surface area (Å²) in [4.78, 5) is 26.5. The molecule has 0 radical (unpaired) electrons. The van der Waals surface area contributed by atoms with Crippen molar-refractivity contribution in [2.75, 3.05) is 6.61 Å². The predicted molar refractivity (Wildman–Crippen MR) is 115 cm³/mol. The number of hydrogen-bond donors (Lipinski definition) is 1. The molecule has 0 spiro atoms. The molecule has 0 bridgehead atoms. The van der Waals surface area contributed by atoms with E-state index in [2.05, 4.69) is 19.2 Å². The standard InChI is InChI=1S/C24H28N2O3/c1-6-29-22-11-17(5)19(12-20(22)15(2)3)13-21-23(27)26(24(28)25-21)14-18-9-7-16(4)8-10-18/h7-13,15H,6,14H2,1-5H3,(H,25,28)/b21-13+. The maximum absolute atomic E-state index is 12.8. The van der Waals surface area contributed by atoms with Gasteiger partial charge in [0.05, 0.1) is 13.2 Å². The quantitative estimate of drug-likeness (QED) is 0.561. The van der Waals surface area contributed by atoms with Gasteiger partial charge in [-0.15, -0.1) is 0 Å². The van der Waals surface area contributed by atoms with Crippen LogP contribution < -0.4 is 10.1 Å². The molecule has 1 fully saturated rings. The molecule has 29 heavy (non-hydrogen) atoms. The van der Waals surface area contributed by atoms with Crippen molar-refractivity contribution >= 4 is 18.0 Å². The normalized spacial score (nSPS) is 15.4. The molecule has 2 aromatic carbocycles. The molecule has 0 aromatic heterocycles. The Morgan fingerprint density at radius 2 is 1.79 bits per heavy atom. The number of aryl methyl sites for hydroxylation is 2. The second-order valence-corrected chi connectivity index (χ2v) is 7.70. The number of amides is 3.